The topological polar surface area (TPSA) is 54.5 Å². The van der Waals surface area contributed by atoms with Gasteiger partial charge in [0.15, 0.2) is 0 Å². The lowest BCUT2D eigenvalue weighted by molar-refractivity contribution is 0.0870. The summed E-state index contributed by atoms with van der Waals surface area (Å²) in [5.74, 6) is -0.296. The molecule has 2 aromatic heterocycles. The Kier molecular flexibility index (Phi) is 16.7. The van der Waals surface area contributed by atoms with Crippen LogP contribution in [0.4, 0.5) is 0 Å². The maximum Gasteiger partial charge on any atom is 0.270 e. The van der Waals surface area contributed by atoms with Crippen LogP contribution < -0.4 is 0 Å². The summed E-state index contributed by atoms with van der Waals surface area (Å²) >= 11 is 3.44. The Morgan fingerprint density at radius 1 is 0.625 bits per heavy atom. The smallest absolute Gasteiger partial charge is 0.268 e. The summed E-state index contributed by atoms with van der Waals surface area (Å²) in [6, 6.07) is 2.35. The van der Waals surface area contributed by atoms with Crippen LogP contribution in [0.15, 0.2) is 11.0 Å². The van der Waals surface area contributed by atoms with E-state index in [9.17, 15) is 13.2 Å². The van der Waals surface area contributed by atoms with Gasteiger partial charge in [0.05, 0.1) is 10.4 Å². The third-order valence-electron chi connectivity index (χ3n) is 10.4. The molecule has 1 aliphatic heterocycles. The predicted octanol–water partition coefficient (Wildman–Crippen LogP) is 13.6. The van der Waals surface area contributed by atoms with E-state index in [0.717, 1.165) is 72.4 Å². The second-order valence-corrected chi connectivity index (χ2v) is 19.7. The van der Waals surface area contributed by atoms with Gasteiger partial charge in [-0.15, -0.1) is 22.7 Å². The first-order valence-corrected chi connectivity index (χ1v) is 22.8. The molecule has 0 aromatic carbocycles. The van der Waals surface area contributed by atoms with Gasteiger partial charge in [0.2, 0.25) is 0 Å². The maximum atomic E-state index is 14.3. The van der Waals surface area contributed by atoms with Gasteiger partial charge in [-0.2, -0.15) is 0 Å². The predicted molar refractivity (Wildman–Crippen MR) is 211 cm³/mol. The summed E-state index contributed by atoms with van der Waals surface area (Å²) in [6.07, 6.45) is 24.0. The molecule has 0 fully saturated rings. The van der Waals surface area contributed by atoms with Gasteiger partial charge in [-0.05, 0) is 49.1 Å². The van der Waals surface area contributed by atoms with Crippen molar-refractivity contribution in [2.45, 2.75) is 206 Å². The van der Waals surface area contributed by atoms with E-state index in [4.69, 9.17) is 0 Å². The molecule has 4 nitrogen and oxygen atoms in total. The van der Waals surface area contributed by atoms with Gasteiger partial charge < -0.3 is 0 Å². The first-order chi connectivity index (χ1) is 22.9. The highest BCUT2D eigenvalue weighted by atomic mass is 32.2. The van der Waals surface area contributed by atoms with Crippen molar-refractivity contribution in [2.75, 3.05) is 6.54 Å². The highest BCUT2D eigenvalue weighted by Crippen LogP contribution is 2.53. The summed E-state index contributed by atoms with van der Waals surface area (Å²) in [7, 11) is -3.90. The van der Waals surface area contributed by atoms with Gasteiger partial charge in [-0.3, -0.25) is 4.79 Å². The monoisotopic (exact) mass is 719 g/mol. The number of fused-ring (bicyclic) bond motifs is 1. The Balaban J connectivity index is 2.09. The Hall–Kier alpha value is -1.18. The van der Waals surface area contributed by atoms with Crippen molar-refractivity contribution in [3.63, 3.8) is 0 Å². The van der Waals surface area contributed by atoms with Crippen LogP contribution in [0.25, 0.3) is 9.75 Å². The molecule has 3 rings (SSSR count). The molecule has 0 radical (unpaired) electrons. The maximum absolute atomic E-state index is 14.3. The van der Waals surface area contributed by atoms with E-state index in [-0.39, 0.29) is 23.3 Å². The average Bonchev–Trinajstić information content (AvgIpc) is 3.71. The van der Waals surface area contributed by atoms with Crippen LogP contribution in [-0.2, 0) is 27.3 Å². The lowest BCUT2D eigenvalue weighted by atomic mass is 9.82. The molecule has 1 aliphatic rings. The number of aryl methyl sites for hydroxylation is 1. The van der Waals surface area contributed by atoms with E-state index >= 15 is 0 Å². The Labute approximate surface area is 303 Å². The van der Waals surface area contributed by atoms with E-state index in [2.05, 4.69) is 61.5 Å². The Morgan fingerprint density at radius 3 is 1.71 bits per heavy atom. The number of amides is 1. The second kappa shape index (κ2) is 19.4. The molecule has 0 saturated carbocycles. The molecule has 7 heteroatoms. The number of carbonyl (C=O) groups excluding carboxylic acids is 1. The van der Waals surface area contributed by atoms with Gasteiger partial charge in [-0.1, -0.05) is 158 Å². The molecule has 3 heterocycles. The fourth-order valence-corrected chi connectivity index (χ4v) is 12.5. The molecule has 0 bridgehead atoms. The molecule has 0 saturated heterocycles. The van der Waals surface area contributed by atoms with Crippen LogP contribution >= 0.6 is 22.7 Å². The van der Waals surface area contributed by atoms with E-state index in [0.29, 0.717) is 10.5 Å². The van der Waals surface area contributed by atoms with Gasteiger partial charge in [-0.25, -0.2) is 12.7 Å². The fraction of sp³-hybridized carbons (Fsp3) is 0.780. The molecule has 0 aliphatic carbocycles. The van der Waals surface area contributed by atoms with Crippen molar-refractivity contribution in [2.24, 2.45) is 0 Å². The third kappa shape index (κ3) is 10.4. The molecule has 0 N–H and O–H groups in total. The van der Waals surface area contributed by atoms with Crippen LogP contribution in [0.1, 0.15) is 209 Å². The number of rotatable bonds is 25. The van der Waals surface area contributed by atoms with Gasteiger partial charge in [0, 0.05) is 26.6 Å². The molecule has 1 amide bonds. The van der Waals surface area contributed by atoms with Gasteiger partial charge in [0.1, 0.15) is 4.90 Å². The van der Waals surface area contributed by atoms with Gasteiger partial charge >= 0.3 is 0 Å². The summed E-state index contributed by atoms with van der Waals surface area (Å²) < 4.78 is 29.9. The first kappa shape index (κ1) is 41.2. The molecule has 274 valence electrons. The minimum atomic E-state index is -3.90. The number of hydrogen-bond acceptors (Lipinski definition) is 5. The molecule has 0 unspecified atom stereocenters. The standard InChI is InChI=1S/C41H69NO3S3/c1-9-13-17-20-22-26-30-42-39(43)34-35(47-38(36(34)48(42,44)45)41(7,8)28-24-16-12-4)33-31-32(27-23-21-18-14-10-2)37(46-33)40(5,6)29-25-19-15-11-3/h31H,9-30H2,1-8H3. The molecule has 0 atom stereocenters. The van der Waals surface area contributed by atoms with E-state index in [1.54, 1.807) is 11.3 Å². The minimum Gasteiger partial charge on any atom is -0.268 e. The largest absolute Gasteiger partial charge is 0.270 e. The van der Waals surface area contributed by atoms with Crippen molar-refractivity contribution in [3.05, 3.63) is 26.9 Å². The van der Waals surface area contributed by atoms with Gasteiger partial charge in [0.25, 0.3) is 15.9 Å². The average molecular weight is 720 g/mol. The van der Waals surface area contributed by atoms with Crippen molar-refractivity contribution >= 4 is 38.6 Å². The van der Waals surface area contributed by atoms with Crippen LogP contribution in [0.2, 0.25) is 0 Å². The van der Waals surface area contributed by atoms with Crippen molar-refractivity contribution in [1.82, 2.24) is 4.31 Å². The van der Waals surface area contributed by atoms with E-state index in [1.807, 2.05) is 11.3 Å². The Bertz CT molecular complexity index is 1380. The summed E-state index contributed by atoms with van der Waals surface area (Å²) in [6.45, 7) is 18.4. The minimum absolute atomic E-state index is 0.0397. The number of hydrogen-bond donors (Lipinski definition) is 0. The number of sulfonamides is 1. The summed E-state index contributed by atoms with van der Waals surface area (Å²) in [5.41, 5.74) is 1.59. The fourth-order valence-electron chi connectivity index (χ4n) is 7.33. The highest BCUT2D eigenvalue weighted by Gasteiger charge is 2.49. The number of thiophene rings is 2. The molecule has 48 heavy (non-hydrogen) atoms. The third-order valence-corrected chi connectivity index (χ3v) is 15.7. The van der Waals surface area contributed by atoms with Crippen molar-refractivity contribution in [3.8, 4) is 9.75 Å². The SMILES string of the molecule is CCCCCCCCN1C(=O)c2c(-c3cc(CCCCCCC)c(C(C)(C)CCCCCC)s3)sc(C(C)(C)CCCCC)c2S1(=O)=O. The summed E-state index contributed by atoms with van der Waals surface area (Å²) in [4.78, 5) is 18.9. The van der Waals surface area contributed by atoms with Crippen LogP contribution in [0, 0.1) is 0 Å². The molecular formula is C41H69NO3S3. The van der Waals surface area contributed by atoms with E-state index in [1.165, 1.54) is 91.8 Å². The molecule has 2 aromatic rings. The number of carbonyl (C=O) groups is 1. The Morgan fingerprint density at radius 2 is 1.10 bits per heavy atom. The summed E-state index contributed by atoms with van der Waals surface area (Å²) in [5, 5.41) is 0. The zero-order chi connectivity index (χ0) is 35.4. The van der Waals surface area contributed by atoms with Crippen LogP contribution in [0.3, 0.4) is 0 Å². The quantitative estimate of drug-likeness (QED) is 0.0960. The van der Waals surface area contributed by atoms with Crippen LogP contribution in [0.5, 0.6) is 0 Å². The zero-order valence-electron chi connectivity index (χ0n) is 32.0. The van der Waals surface area contributed by atoms with Crippen molar-refractivity contribution < 1.29 is 13.2 Å². The highest BCUT2D eigenvalue weighted by molar-refractivity contribution is 7.90. The second-order valence-electron chi connectivity index (χ2n) is 15.8. The first-order valence-electron chi connectivity index (χ1n) is 19.7. The lowest BCUT2D eigenvalue weighted by Gasteiger charge is -2.25. The molecular weight excluding hydrogens is 651 g/mol. The number of unbranched alkanes of at least 4 members (excludes halogenated alkanes) is 14. The van der Waals surface area contributed by atoms with Crippen molar-refractivity contribution in [1.29, 1.82) is 0 Å². The van der Waals surface area contributed by atoms with Crippen LogP contribution in [-0.4, -0.2) is 25.2 Å². The van der Waals surface area contributed by atoms with E-state index < -0.39 is 10.0 Å². The zero-order valence-corrected chi connectivity index (χ0v) is 34.5. The normalized spacial score (nSPS) is 14.8. The lowest BCUT2D eigenvalue weighted by Crippen LogP contribution is -2.32. The molecule has 0 spiro atoms. The number of nitrogens with zero attached hydrogens (tertiary/aromatic N) is 1.